The smallest absolute Gasteiger partial charge is 0.130 e. The second-order valence-corrected chi connectivity index (χ2v) is 4.51. The third-order valence-corrected chi connectivity index (χ3v) is 3.19. The molecule has 0 amide bonds. The maximum absolute atomic E-state index is 6.22. The van der Waals surface area contributed by atoms with Gasteiger partial charge in [-0.3, -0.25) is 0 Å². The van der Waals surface area contributed by atoms with Crippen LogP contribution in [0, 0.1) is 0 Å². The van der Waals surface area contributed by atoms with Crippen LogP contribution in [0.3, 0.4) is 0 Å². The van der Waals surface area contributed by atoms with Crippen molar-refractivity contribution >= 4 is 23.2 Å². The van der Waals surface area contributed by atoms with E-state index in [0.29, 0.717) is 21.5 Å². The van der Waals surface area contributed by atoms with Crippen molar-refractivity contribution in [3.63, 3.8) is 0 Å². The predicted molar refractivity (Wildman–Crippen MR) is 75.0 cm³/mol. The van der Waals surface area contributed by atoms with Crippen molar-refractivity contribution in [2.24, 2.45) is 0 Å². The van der Waals surface area contributed by atoms with E-state index in [9.17, 15) is 0 Å². The van der Waals surface area contributed by atoms with E-state index in [0.717, 1.165) is 11.1 Å². The summed E-state index contributed by atoms with van der Waals surface area (Å²) in [6, 6.07) is 10.9. The van der Waals surface area contributed by atoms with Crippen LogP contribution in [0.25, 0.3) is 11.1 Å². The van der Waals surface area contributed by atoms with Crippen LogP contribution >= 0.6 is 23.2 Å². The van der Waals surface area contributed by atoms with E-state index in [1.807, 2.05) is 18.2 Å². The van der Waals surface area contributed by atoms with Crippen molar-refractivity contribution in [2.75, 3.05) is 14.2 Å². The van der Waals surface area contributed by atoms with E-state index in [1.165, 1.54) is 0 Å². The van der Waals surface area contributed by atoms with Gasteiger partial charge in [-0.05, 0) is 30.3 Å². The molecule has 0 saturated carbocycles. The molecule has 0 N–H and O–H groups in total. The average Bonchev–Trinajstić information content (AvgIpc) is 2.40. The standard InChI is InChI=1S/C14H12Cl2O2/c1-17-12-4-3-5-13(18-2)14(12)10-8-9(15)6-7-11(10)16/h3-8H,1-2H3. The molecule has 0 aliphatic rings. The highest BCUT2D eigenvalue weighted by Gasteiger charge is 2.15. The first-order valence-electron chi connectivity index (χ1n) is 5.33. The zero-order valence-corrected chi connectivity index (χ0v) is 11.5. The number of methoxy groups -OCH3 is 2. The summed E-state index contributed by atoms with van der Waals surface area (Å²) >= 11 is 12.2. The Balaban J connectivity index is 2.72. The van der Waals surface area contributed by atoms with Gasteiger partial charge < -0.3 is 9.47 Å². The summed E-state index contributed by atoms with van der Waals surface area (Å²) < 4.78 is 10.7. The first kappa shape index (κ1) is 13.1. The summed E-state index contributed by atoms with van der Waals surface area (Å²) in [6.07, 6.45) is 0. The lowest BCUT2D eigenvalue weighted by atomic mass is 10.0. The molecule has 2 aromatic rings. The molecule has 0 bridgehead atoms. The zero-order chi connectivity index (χ0) is 13.1. The molecule has 2 aromatic carbocycles. The van der Waals surface area contributed by atoms with Crippen molar-refractivity contribution < 1.29 is 9.47 Å². The Kier molecular flexibility index (Phi) is 4.00. The largest absolute Gasteiger partial charge is 0.496 e. The SMILES string of the molecule is COc1cccc(OC)c1-c1cc(Cl)ccc1Cl. The molecule has 94 valence electrons. The molecular formula is C14H12Cl2O2. The van der Waals surface area contributed by atoms with Crippen LogP contribution in [-0.4, -0.2) is 14.2 Å². The van der Waals surface area contributed by atoms with E-state index in [4.69, 9.17) is 32.7 Å². The lowest BCUT2D eigenvalue weighted by Gasteiger charge is -2.14. The highest BCUT2D eigenvalue weighted by atomic mass is 35.5. The van der Waals surface area contributed by atoms with Crippen LogP contribution in [0.1, 0.15) is 0 Å². The van der Waals surface area contributed by atoms with Crippen LogP contribution in [0.5, 0.6) is 11.5 Å². The predicted octanol–water partition coefficient (Wildman–Crippen LogP) is 4.68. The lowest BCUT2D eigenvalue weighted by molar-refractivity contribution is 0.397. The van der Waals surface area contributed by atoms with Gasteiger partial charge in [-0.1, -0.05) is 29.3 Å². The van der Waals surface area contributed by atoms with E-state index in [-0.39, 0.29) is 0 Å². The highest BCUT2D eigenvalue weighted by Crippen LogP contribution is 2.42. The molecule has 0 aromatic heterocycles. The van der Waals surface area contributed by atoms with Crippen molar-refractivity contribution in [3.8, 4) is 22.6 Å². The number of ether oxygens (including phenoxy) is 2. The molecule has 18 heavy (non-hydrogen) atoms. The summed E-state index contributed by atoms with van der Waals surface area (Å²) in [5.74, 6) is 1.39. The number of hydrogen-bond donors (Lipinski definition) is 0. The van der Waals surface area contributed by atoms with Gasteiger partial charge in [-0.25, -0.2) is 0 Å². The summed E-state index contributed by atoms with van der Waals surface area (Å²) in [5.41, 5.74) is 1.59. The molecule has 2 nitrogen and oxygen atoms in total. The van der Waals surface area contributed by atoms with Crippen molar-refractivity contribution in [3.05, 3.63) is 46.4 Å². The van der Waals surface area contributed by atoms with Gasteiger partial charge in [0.15, 0.2) is 0 Å². The third-order valence-electron chi connectivity index (χ3n) is 2.63. The molecule has 0 unspecified atom stereocenters. The molecule has 0 radical (unpaired) electrons. The van der Waals surface area contributed by atoms with Gasteiger partial charge in [0.1, 0.15) is 11.5 Å². The zero-order valence-electron chi connectivity index (χ0n) is 10.0. The molecule has 0 saturated heterocycles. The second-order valence-electron chi connectivity index (χ2n) is 3.66. The van der Waals surface area contributed by atoms with Crippen molar-refractivity contribution in [1.82, 2.24) is 0 Å². The Morgan fingerprint density at radius 3 is 2.06 bits per heavy atom. The van der Waals surface area contributed by atoms with Gasteiger partial charge in [0, 0.05) is 15.6 Å². The molecule has 0 aliphatic carbocycles. The fourth-order valence-corrected chi connectivity index (χ4v) is 2.19. The Hall–Kier alpha value is -1.38. The maximum Gasteiger partial charge on any atom is 0.130 e. The minimum Gasteiger partial charge on any atom is -0.496 e. The lowest BCUT2D eigenvalue weighted by Crippen LogP contribution is -1.93. The first-order chi connectivity index (χ1) is 8.67. The fraction of sp³-hybridized carbons (Fsp3) is 0.143. The van der Waals surface area contributed by atoms with E-state index in [1.54, 1.807) is 32.4 Å². The van der Waals surface area contributed by atoms with Gasteiger partial charge in [0.05, 0.1) is 19.8 Å². The highest BCUT2D eigenvalue weighted by molar-refractivity contribution is 6.35. The average molecular weight is 283 g/mol. The molecule has 0 heterocycles. The Bertz CT molecular complexity index is 545. The Morgan fingerprint density at radius 2 is 1.50 bits per heavy atom. The van der Waals surface area contributed by atoms with Crippen LogP contribution < -0.4 is 9.47 Å². The second kappa shape index (κ2) is 5.51. The van der Waals surface area contributed by atoms with Crippen LogP contribution in [0.4, 0.5) is 0 Å². The minimum atomic E-state index is 0.599. The summed E-state index contributed by atoms with van der Waals surface area (Å²) in [4.78, 5) is 0. The van der Waals surface area contributed by atoms with Crippen LogP contribution in [0.2, 0.25) is 10.0 Å². The number of benzene rings is 2. The Labute approximate surface area is 116 Å². The topological polar surface area (TPSA) is 18.5 Å². The maximum atomic E-state index is 6.22. The summed E-state index contributed by atoms with van der Waals surface area (Å²) in [7, 11) is 3.22. The van der Waals surface area contributed by atoms with Crippen molar-refractivity contribution in [2.45, 2.75) is 0 Å². The van der Waals surface area contributed by atoms with Gasteiger partial charge in [0.25, 0.3) is 0 Å². The van der Waals surface area contributed by atoms with Gasteiger partial charge in [-0.15, -0.1) is 0 Å². The molecule has 0 spiro atoms. The number of hydrogen-bond acceptors (Lipinski definition) is 2. The van der Waals surface area contributed by atoms with Gasteiger partial charge >= 0.3 is 0 Å². The molecule has 0 fully saturated rings. The quantitative estimate of drug-likeness (QED) is 0.814. The first-order valence-corrected chi connectivity index (χ1v) is 6.09. The molecular weight excluding hydrogens is 271 g/mol. The molecule has 0 aliphatic heterocycles. The number of rotatable bonds is 3. The molecule has 4 heteroatoms. The Morgan fingerprint density at radius 1 is 0.889 bits per heavy atom. The monoisotopic (exact) mass is 282 g/mol. The van der Waals surface area contributed by atoms with Crippen LogP contribution in [0.15, 0.2) is 36.4 Å². The van der Waals surface area contributed by atoms with Crippen LogP contribution in [-0.2, 0) is 0 Å². The van der Waals surface area contributed by atoms with Gasteiger partial charge in [0.2, 0.25) is 0 Å². The normalized spacial score (nSPS) is 10.2. The van der Waals surface area contributed by atoms with E-state index < -0.39 is 0 Å². The van der Waals surface area contributed by atoms with Gasteiger partial charge in [-0.2, -0.15) is 0 Å². The minimum absolute atomic E-state index is 0.599. The summed E-state index contributed by atoms with van der Waals surface area (Å²) in [5, 5.41) is 1.21. The third kappa shape index (κ3) is 2.40. The summed E-state index contributed by atoms with van der Waals surface area (Å²) in [6.45, 7) is 0. The van der Waals surface area contributed by atoms with E-state index in [2.05, 4.69) is 0 Å². The number of halogens is 2. The van der Waals surface area contributed by atoms with Crippen molar-refractivity contribution in [1.29, 1.82) is 0 Å². The molecule has 0 atom stereocenters. The van der Waals surface area contributed by atoms with E-state index >= 15 is 0 Å². The molecule has 2 rings (SSSR count). The fourth-order valence-electron chi connectivity index (χ4n) is 1.81.